The second-order valence-electron chi connectivity index (χ2n) is 5.20. The van der Waals surface area contributed by atoms with Crippen molar-refractivity contribution in [2.45, 2.75) is 6.10 Å². The maximum Gasteiger partial charge on any atom is 0.251 e. The molecule has 24 heavy (non-hydrogen) atoms. The Bertz CT molecular complexity index is 737. The molecule has 126 valence electrons. The lowest BCUT2D eigenvalue weighted by Crippen LogP contribution is -2.35. The van der Waals surface area contributed by atoms with Gasteiger partial charge in [0.05, 0.1) is 0 Å². The van der Waals surface area contributed by atoms with Gasteiger partial charge in [0.2, 0.25) is 6.79 Å². The summed E-state index contributed by atoms with van der Waals surface area (Å²) < 4.78 is 16.8. The molecule has 2 aromatic rings. The largest absolute Gasteiger partial charge is 0.491 e. The molecule has 1 unspecified atom stereocenters. The topological polar surface area (TPSA) is 77.0 Å². The minimum atomic E-state index is -0.827. The first-order chi connectivity index (χ1) is 11.6. The molecule has 0 radical (unpaired) electrons. The Morgan fingerprint density at radius 2 is 2.08 bits per heavy atom. The first-order valence-electron chi connectivity index (χ1n) is 7.36. The first-order valence-corrected chi connectivity index (χ1v) is 8.15. The van der Waals surface area contributed by atoms with E-state index < -0.39 is 6.10 Å². The van der Waals surface area contributed by atoms with Crippen LogP contribution in [0.25, 0.3) is 0 Å². The molecule has 1 heterocycles. The Labute approximate surface area is 147 Å². The summed E-state index contributed by atoms with van der Waals surface area (Å²) in [7, 11) is 0. The molecule has 0 bridgehead atoms. The van der Waals surface area contributed by atoms with Crippen LogP contribution in [-0.2, 0) is 0 Å². The molecule has 1 aliphatic heterocycles. The quantitative estimate of drug-likeness (QED) is 0.787. The van der Waals surface area contributed by atoms with Gasteiger partial charge >= 0.3 is 0 Å². The van der Waals surface area contributed by atoms with Crippen molar-refractivity contribution in [3.63, 3.8) is 0 Å². The van der Waals surface area contributed by atoms with E-state index in [1.54, 1.807) is 36.4 Å². The SMILES string of the molecule is O=C(NCC(O)COc1ccc2c(c1)OCO2)c1cccc(Br)c1. The van der Waals surface area contributed by atoms with Gasteiger partial charge in [-0.2, -0.15) is 0 Å². The molecule has 0 saturated heterocycles. The van der Waals surface area contributed by atoms with Crippen LogP contribution in [0.3, 0.4) is 0 Å². The summed E-state index contributed by atoms with van der Waals surface area (Å²) in [5.41, 5.74) is 0.522. The van der Waals surface area contributed by atoms with Crippen LogP contribution in [0.5, 0.6) is 17.2 Å². The Kier molecular flexibility index (Phi) is 5.22. The normalized spacial score (nSPS) is 13.4. The van der Waals surface area contributed by atoms with Crippen molar-refractivity contribution in [1.82, 2.24) is 5.32 Å². The number of hydrogen-bond donors (Lipinski definition) is 2. The number of halogens is 1. The van der Waals surface area contributed by atoms with E-state index >= 15 is 0 Å². The third-order valence-corrected chi connectivity index (χ3v) is 3.86. The van der Waals surface area contributed by atoms with Gasteiger partial charge in [-0.15, -0.1) is 0 Å². The highest BCUT2D eigenvalue weighted by atomic mass is 79.9. The second-order valence-corrected chi connectivity index (χ2v) is 6.12. The highest BCUT2D eigenvalue weighted by Gasteiger charge is 2.15. The predicted octanol–water partition coefficient (Wildman–Crippen LogP) is 2.35. The van der Waals surface area contributed by atoms with E-state index in [2.05, 4.69) is 21.2 Å². The summed E-state index contributed by atoms with van der Waals surface area (Å²) in [5.74, 6) is 1.60. The minimum Gasteiger partial charge on any atom is -0.491 e. The number of aliphatic hydroxyl groups excluding tert-OH is 1. The Morgan fingerprint density at radius 1 is 1.25 bits per heavy atom. The van der Waals surface area contributed by atoms with Gasteiger partial charge in [0.1, 0.15) is 18.5 Å². The molecular weight excluding hydrogens is 378 g/mol. The van der Waals surface area contributed by atoms with E-state index in [-0.39, 0.29) is 25.9 Å². The number of carbonyl (C=O) groups excluding carboxylic acids is 1. The van der Waals surface area contributed by atoms with Crippen molar-refractivity contribution < 1.29 is 24.1 Å². The van der Waals surface area contributed by atoms with Crippen molar-refractivity contribution in [3.8, 4) is 17.2 Å². The van der Waals surface area contributed by atoms with E-state index in [1.807, 2.05) is 6.07 Å². The predicted molar refractivity (Wildman–Crippen MR) is 90.5 cm³/mol. The molecule has 0 saturated carbocycles. The fourth-order valence-corrected chi connectivity index (χ4v) is 2.56. The molecule has 0 spiro atoms. The van der Waals surface area contributed by atoms with Crippen LogP contribution >= 0.6 is 15.9 Å². The van der Waals surface area contributed by atoms with Crippen molar-refractivity contribution in [3.05, 3.63) is 52.5 Å². The van der Waals surface area contributed by atoms with Crippen LogP contribution in [0.1, 0.15) is 10.4 Å². The molecule has 2 N–H and O–H groups in total. The average molecular weight is 394 g/mol. The van der Waals surface area contributed by atoms with E-state index in [1.165, 1.54) is 0 Å². The number of ether oxygens (including phenoxy) is 3. The van der Waals surface area contributed by atoms with Gasteiger partial charge in [-0.05, 0) is 30.3 Å². The molecule has 6 nitrogen and oxygen atoms in total. The number of nitrogens with one attached hydrogen (secondary N) is 1. The molecule has 0 fully saturated rings. The summed E-state index contributed by atoms with van der Waals surface area (Å²) in [6, 6.07) is 12.2. The molecule has 0 aliphatic carbocycles. The lowest BCUT2D eigenvalue weighted by atomic mass is 10.2. The Morgan fingerprint density at radius 3 is 2.92 bits per heavy atom. The number of rotatable bonds is 6. The molecule has 1 amide bonds. The van der Waals surface area contributed by atoms with Crippen LogP contribution in [0.15, 0.2) is 46.9 Å². The number of fused-ring (bicyclic) bond motifs is 1. The van der Waals surface area contributed by atoms with Crippen LogP contribution < -0.4 is 19.5 Å². The zero-order chi connectivity index (χ0) is 16.9. The van der Waals surface area contributed by atoms with Gasteiger partial charge in [0.25, 0.3) is 5.91 Å². The van der Waals surface area contributed by atoms with Gasteiger partial charge in [-0.1, -0.05) is 22.0 Å². The van der Waals surface area contributed by atoms with Crippen LogP contribution in [0.4, 0.5) is 0 Å². The van der Waals surface area contributed by atoms with Gasteiger partial charge < -0.3 is 24.6 Å². The molecule has 1 atom stereocenters. The number of aliphatic hydroxyl groups is 1. The van der Waals surface area contributed by atoms with E-state index in [9.17, 15) is 9.90 Å². The smallest absolute Gasteiger partial charge is 0.251 e. The number of carbonyl (C=O) groups is 1. The van der Waals surface area contributed by atoms with E-state index in [0.717, 1.165) is 4.47 Å². The van der Waals surface area contributed by atoms with Crippen molar-refractivity contribution >= 4 is 21.8 Å². The molecule has 1 aliphatic rings. The first kappa shape index (κ1) is 16.6. The Hall–Kier alpha value is -2.25. The summed E-state index contributed by atoms with van der Waals surface area (Å²) in [6.07, 6.45) is -0.827. The summed E-state index contributed by atoms with van der Waals surface area (Å²) in [6.45, 7) is 0.345. The molecule has 3 rings (SSSR count). The standard InChI is InChI=1S/C17H16BrNO5/c18-12-3-1-2-11(6-12)17(21)19-8-13(20)9-22-14-4-5-15-16(7-14)24-10-23-15/h1-7,13,20H,8-10H2,(H,19,21). The zero-order valence-electron chi connectivity index (χ0n) is 12.7. The third-order valence-electron chi connectivity index (χ3n) is 3.37. The molecule has 2 aromatic carbocycles. The second kappa shape index (κ2) is 7.55. The monoisotopic (exact) mass is 393 g/mol. The number of benzene rings is 2. The minimum absolute atomic E-state index is 0.0540. The van der Waals surface area contributed by atoms with Crippen molar-refractivity contribution in [2.24, 2.45) is 0 Å². The Balaban J connectivity index is 1.46. The van der Waals surface area contributed by atoms with Crippen LogP contribution in [0, 0.1) is 0 Å². The van der Waals surface area contributed by atoms with Crippen LogP contribution in [-0.4, -0.2) is 37.1 Å². The van der Waals surface area contributed by atoms with Gasteiger partial charge in [-0.25, -0.2) is 0 Å². The van der Waals surface area contributed by atoms with E-state index in [0.29, 0.717) is 22.8 Å². The number of hydrogen-bond acceptors (Lipinski definition) is 5. The highest BCUT2D eigenvalue weighted by molar-refractivity contribution is 9.10. The summed E-state index contributed by atoms with van der Waals surface area (Å²) in [5, 5.41) is 12.6. The highest BCUT2D eigenvalue weighted by Crippen LogP contribution is 2.35. The molecular formula is C17H16BrNO5. The van der Waals surface area contributed by atoms with Crippen LogP contribution in [0.2, 0.25) is 0 Å². The maximum atomic E-state index is 12.0. The lowest BCUT2D eigenvalue weighted by molar-refractivity contribution is 0.0843. The van der Waals surface area contributed by atoms with Gasteiger partial charge in [0, 0.05) is 22.6 Å². The van der Waals surface area contributed by atoms with Gasteiger partial charge in [-0.3, -0.25) is 4.79 Å². The maximum absolute atomic E-state index is 12.0. The van der Waals surface area contributed by atoms with Crippen molar-refractivity contribution in [2.75, 3.05) is 19.9 Å². The fraction of sp³-hybridized carbons (Fsp3) is 0.235. The lowest BCUT2D eigenvalue weighted by Gasteiger charge is -2.13. The summed E-state index contributed by atoms with van der Waals surface area (Å²) >= 11 is 3.31. The average Bonchev–Trinajstić information content (AvgIpc) is 3.05. The fourth-order valence-electron chi connectivity index (χ4n) is 2.16. The molecule has 7 heteroatoms. The zero-order valence-corrected chi connectivity index (χ0v) is 14.3. The van der Waals surface area contributed by atoms with Crippen molar-refractivity contribution in [1.29, 1.82) is 0 Å². The molecule has 0 aromatic heterocycles. The van der Waals surface area contributed by atoms with E-state index in [4.69, 9.17) is 14.2 Å². The van der Waals surface area contributed by atoms with Gasteiger partial charge in [0.15, 0.2) is 11.5 Å². The third kappa shape index (κ3) is 4.18. The summed E-state index contributed by atoms with van der Waals surface area (Å²) in [4.78, 5) is 12.0. The number of amides is 1.